The molecule has 1 saturated heterocycles. The molecule has 1 aromatic heterocycles. The Balaban J connectivity index is 1.32. The van der Waals surface area contributed by atoms with Crippen LogP contribution in [0, 0.1) is 11.7 Å². The van der Waals surface area contributed by atoms with E-state index in [9.17, 15) is 9.18 Å². The first-order chi connectivity index (χ1) is 15.1. The van der Waals surface area contributed by atoms with Crippen LogP contribution < -0.4 is 10.1 Å². The van der Waals surface area contributed by atoms with Gasteiger partial charge in [-0.25, -0.2) is 4.39 Å². The molecule has 0 unspecified atom stereocenters. The van der Waals surface area contributed by atoms with Crippen LogP contribution in [-0.2, 0) is 19.4 Å². The van der Waals surface area contributed by atoms with E-state index in [1.807, 2.05) is 29.2 Å². The van der Waals surface area contributed by atoms with E-state index < -0.39 is 0 Å². The van der Waals surface area contributed by atoms with Crippen LogP contribution in [0.4, 0.5) is 4.39 Å². The van der Waals surface area contributed by atoms with E-state index in [-0.39, 0.29) is 11.7 Å². The Morgan fingerprint density at radius 3 is 2.71 bits per heavy atom. The van der Waals surface area contributed by atoms with Crippen LogP contribution in [0.15, 0.2) is 36.4 Å². The molecule has 0 bridgehead atoms. The van der Waals surface area contributed by atoms with Gasteiger partial charge in [0.2, 0.25) is 0 Å². The maximum Gasteiger partial charge on any atom is 0.257 e. The lowest BCUT2D eigenvalue weighted by atomic mass is 9.90. The Kier molecular flexibility index (Phi) is 5.40. The maximum absolute atomic E-state index is 13.4. The molecule has 2 aliphatic heterocycles. The number of ether oxygens (including phenoxy) is 1. The average molecular weight is 422 g/mol. The lowest BCUT2D eigenvalue weighted by Gasteiger charge is -2.32. The third-order valence-corrected chi connectivity index (χ3v) is 6.74. The first-order valence-corrected chi connectivity index (χ1v) is 11.1. The summed E-state index contributed by atoms with van der Waals surface area (Å²) in [6.07, 6.45) is 3.81. The molecule has 31 heavy (non-hydrogen) atoms. The van der Waals surface area contributed by atoms with Crippen LogP contribution in [0.25, 0.3) is 10.9 Å². The molecule has 3 heterocycles. The number of nitrogens with one attached hydrogen (secondary N) is 2. The molecule has 162 valence electrons. The summed E-state index contributed by atoms with van der Waals surface area (Å²) in [6, 6.07) is 10.7. The van der Waals surface area contributed by atoms with Crippen molar-refractivity contribution in [1.82, 2.24) is 15.2 Å². The SMILES string of the molecule is COc1cc2[nH]c3c(c2cc1C(=O)N1CCC(Cc2ccc(F)cc2)CC1)CCNC3. The van der Waals surface area contributed by atoms with E-state index >= 15 is 0 Å². The number of halogens is 1. The molecule has 1 amide bonds. The van der Waals surface area contributed by atoms with Crippen molar-refractivity contribution < 1.29 is 13.9 Å². The number of H-pyrrole nitrogens is 1. The topological polar surface area (TPSA) is 57.4 Å². The minimum Gasteiger partial charge on any atom is -0.496 e. The minimum absolute atomic E-state index is 0.0443. The molecule has 2 aliphatic rings. The lowest BCUT2D eigenvalue weighted by molar-refractivity contribution is 0.0687. The number of benzene rings is 2. The van der Waals surface area contributed by atoms with Gasteiger partial charge in [-0.15, -0.1) is 0 Å². The Hall–Kier alpha value is -2.86. The van der Waals surface area contributed by atoms with Crippen LogP contribution in [0.3, 0.4) is 0 Å². The number of methoxy groups -OCH3 is 1. The second-order valence-electron chi connectivity index (χ2n) is 8.67. The zero-order valence-electron chi connectivity index (χ0n) is 17.8. The van der Waals surface area contributed by atoms with Crippen LogP contribution >= 0.6 is 0 Å². The molecule has 0 saturated carbocycles. The summed E-state index contributed by atoms with van der Waals surface area (Å²) in [5, 5.41) is 4.52. The summed E-state index contributed by atoms with van der Waals surface area (Å²) in [5.74, 6) is 0.985. The first kappa shape index (κ1) is 20.1. The van der Waals surface area contributed by atoms with Gasteiger partial charge in [0.25, 0.3) is 5.91 Å². The van der Waals surface area contributed by atoms with Crippen molar-refractivity contribution in [1.29, 1.82) is 0 Å². The number of likely N-dealkylation sites (tertiary alicyclic amines) is 1. The van der Waals surface area contributed by atoms with E-state index in [0.717, 1.165) is 68.3 Å². The van der Waals surface area contributed by atoms with Crippen molar-refractivity contribution in [2.24, 2.45) is 5.92 Å². The van der Waals surface area contributed by atoms with E-state index in [4.69, 9.17) is 4.74 Å². The summed E-state index contributed by atoms with van der Waals surface area (Å²) in [5.41, 5.74) is 5.34. The molecular weight excluding hydrogens is 393 g/mol. The Bertz CT molecular complexity index is 1100. The zero-order chi connectivity index (χ0) is 21.4. The molecule has 0 spiro atoms. The third-order valence-electron chi connectivity index (χ3n) is 6.74. The van der Waals surface area contributed by atoms with Gasteiger partial charge >= 0.3 is 0 Å². The Morgan fingerprint density at radius 2 is 1.97 bits per heavy atom. The second-order valence-corrected chi connectivity index (χ2v) is 8.67. The van der Waals surface area contributed by atoms with Crippen molar-refractivity contribution in [3.05, 3.63) is 64.6 Å². The molecule has 5 nitrogen and oxygen atoms in total. The van der Waals surface area contributed by atoms with Gasteiger partial charge in [-0.2, -0.15) is 0 Å². The monoisotopic (exact) mass is 421 g/mol. The van der Waals surface area contributed by atoms with Crippen LogP contribution in [-0.4, -0.2) is 42.5 Å². The average Bonchev–Trinajstić information content (AvgIpc) is 3.17. The van der Waals surface area contributed by atoms with Crippen molar-refractivity contribution >= 4 is 16.8 Å². The van der Waals surface area contributed by atoms with Gasteiger partial charge in [0, 0.05) is 42.3 Å². The van der Waals surface area contributed by atoms with Crippen molar-refractivity contribution in [3.63, 3.8) is 0 Å². The largest absolute Gasteiger partial charge is 0.496 e. The summed E-state index contributed by atoms with van der Waals surface area (Å²) in [7, 11) is 1.62. The number of nitrogens with zero attached hydrogens (tertiary/aromatic N) is 1. The van der Waals surface area contributed by atoms with E-state index in [1.54, 1.807) is 7.11 Å². The molecule has 2 aromatic carbocycles. The maximum atomic E-state index is 13.4. The van der Waals surface area contributed by atoms with Gasteiger partial charge in [-0.05, 0) is 67.5 Å². The number of hydrogen-bond acceptors (Lipinski definition) is 3. The Morgan fingerprint density at radius 1 is 1.19 bits per heavy atom. The van der Waals surface area contributed by atoms with E-state index in [2.05, 4.69) is 10.3 Å². The normalized spacial score (nSPS) is 17.0. The second kappa shape index (κ2) is 8.35. The number of hydrogen-bond donors (Lipinski definition) is 2. The summed E-state index contributed by atoms with van der Waals surface area (Å²) in [6.45, 7) is 3.26. The quantitative estimate of drug-likeness (QED) is 0.668. The van der Waals surface area contributed by atoms with Crippen molar-refractivity contribution in [2.75, 3.05) is 26.7 Å². The molecule has 5 rings (SSSR count). The van der Waals surface area contributed by atoms with Gasteiger partial charge < -0.3 is 19.9 Å². The molecule has 0 radical (unpaired) electrons. The minimum atomic E-state index is -0.199. The van der Waals surface area contributed by atoms with Crippen LogP contribution in [0.2, 0.25) is 0 Å². The number of aromatic nitrogens is 1. The van der Waals surface area contributed by atoms with Gasteiger partial charge in [-0.3, -0.25) is 4.79 Å². The highest BCUT2D eigenvalue weighted by molar-refractivity contribution is 6.02. The molecular formula is C25H28FN3O2. The van der Waals surface area contributed by atoms with Gasteiger partial charge in [-0.1, -0.05) is 12.1 Å². The smallest absolute Gasteiger partial charge is 0.257 e. The highest BCUT2D eigenvalue weighted by Crippen LogP contribution is 2.33. The van der Waals surface area contributed by atoms with Crippen LogP contribution in [0.5, 0.6) is 5.75 Å². The highest BCUT2D eigenvalue weighted by atomic mass is 19.1. The fourth-order valence-corrected chi connectivity index (χ4v) is 5.00. The first-order valence-electron chi connectivity index (χ1n) is 11.1. The van der Waals surface area contributed by atoms with E-state index in [1.165, 1.54) is 23.4 Å². The zero-order valence-corrected chi connectivity index (χ0v) is 17.8. The molecule has 1 fully saturated rings. The highest BCUT2D eigenvalue weighted by Gasteiger charge is 2.27. The number of fused-ring (bicyclic) bond motifs is 3. The standard InChI is InChI=1S/C25H28FN3O2/c1-31-24-14-22-20(19-6-9-27-15-23(19)28-22)13-21(24)25(30)29-10-7-17(8-11-29)12-16-2-4-18(26)5-3-16/h2-5,13-14,17,27-28H,6-12,15H2,1H3. The van der Waals surface area contributed by atoms with Gasteiger partial charge in [0.15, 0.2) is 0 Å². The number of carbonyl (C=O) groups excluding carboxylic acids is 1. The van der Waals surface area contributed by atoms with Gasteiger partial charge in [0.1, 0.15) is 11.6 Å². The molecule has 2 N–H and O–H groups in total. The number of amides is 1. The predicted molar refractivity (Wildman–Crippen MR) is 119 cm³/mol. The third kappa shape index (κ3) is 3.92. The predicted octanol–water partition coefficient (Wildman–Crippen LogP) is 4.06. The molecule has 0 atom stereocenters. The number of aromatic amines is 1. The lowest BCUT2D eigenvalue weighted by Crippen LogP contribution is -2.39. The molecule has 6 heteroatoms. The Labute approximate surface area is 181 Å². The molecule has 3 aromatic rings. The fourth-order valence-electron chi connectivity index (χ4n) is 5.00. The van der Waals surface area contributed by atoms with Gasteiger partial charge in [0.05, 0.1) is 12.7 Å². The summed E-state index contributed by atoms with van der Waals surface area (Å²) < 4.78 is 18.7. The van der Waals surface area contributed by atoms with Crippen molar-refractivity contribution in [3.8, 4) is 5.75 Å². The van der Waals surface area contributed by atoms with E-state index in [0.29, 0.717) is 17.2 Å². The fraction of sp³-hybridized carbons (Fsp3) is 0.400. The summed E-state index contributed by atoms with van der Waals surface area (Å²) in [4.78, 5) is 18.8. The summed E-state index contributed by atoms with van der Waals surface area (Å²) >= 11 is 0. The number of rotatable bonds is 4. The number of piperidine rings is 1. The molecule has 0 aliphatic carbocycles. The van der Waals surface area contributed by atoms with Crippen LogP contribution in [0.1, 0.15) is 40.0 Å². The van der Waals surface area contributed by atoms with Crippen molar-refractivity contribution in [2.45, 2.75) is 32.2 Å². The number of carbonyl (C=O) groups is 1.